The molecule has 3 aromatic rings. The molecule has 2 atom stereocenters. The van der Waals surface area contributed by atoms with Crippen molar-refractivity contribution in [1.29, 1.82) is 0 Å². The molecule has 0 spiro atoms. The molecule has 10 heteroatoms. The number of methoxy groups -OCH3 is 1. The summed E-state index contributed by atoms with van der Waals surface area (Å²) in [6.45, 7) is 16.3. The average molecular weight is 582 g/mol. The number of aromatic nitrogens is 2. The van der Waals surface area contributed by atoms with Crippen LogP contribution in [0.25, 0.3) is 11.0 Å². The highest BCUT2D eigenvalue weighted by Crippen LogP contribution is 2.37. The number of hydrogen-bond acceptors (Lipinski definition) is 7. The molecular formula is C31H43N3O6Si. The first-order valence-electron chi connectivity index (χ1n) is 14.1. The first kappa shape index (κ1) is 30.6. The second kappa shape index (κ2) is 12.2. The minimum absolute atomic E-state index is 0.214. The van der Waals surface area contributed by atoms with Crippen LogP contribution in [0.3, 0.4) is 0 Å². The van der Waals surface area contributed by atoms with Crippen LogP contribution in [0.5, 0.6) is 11.5 Å². The second-order valence-electron chi connectivity index (χ2n) is 12.9. The van der Waals surface area contributed by atoms with Gasteiger partial charge in [0.25, 0.3) is 0 Å². The predicted molar refractivity (Wildman–Crippen MR) is 161 cm³/mol. The van der Waals surface area contributed by atoms with Gasteiger partial charge in [-0.25, -0.2) is 9.78 Å². The highest BCUT2D eigenvalue weighted by molar-refractivity contribution is 6.76. The van der Waals surface area contributed by atoms with Crippen LogP contribution in [0.2, 0.25) is 25.7 Å². The van der Waals surface area contributed by atoms with Crippen molar-refractivity contribution >= 4 is 31.2 Å². The molecule has 3 heterocycles. The Morgan fingerprint density at radius 3 is 2.41 bits per heavy atom. The van der Waals surface area contributed by atoms with E-state index in [1.54, 1.807) is 11.1 Å². The van der Waals surface area contributed by atoms with E-state index in [1.165, 1.54) is 7.11 Å². The Balaban J connectivity index is 1.49. The minimum atomic E-state index is -1.15. The summed E-state index contributed by atoms with van der Waals surface area (Å²) >= 11 is 0. The van der Waals surface area contributed by atoms with Gasteiger partial charge in [-0.15, -0.1) is 0 Å². The monoisotopic (exact) mass is 581 g/mol. The van der Waals surface area contributed by atoms with E-state index in [9.17, 15) is 9.59 Å². The van der Waals surface area contributed by atoms with E-state index < -0.39 is 25.7 Å². The lowest BCUT2D eigenvalue weighted by Gasteiger charge is -2.24. The molecule has 1 unspecified atom stereocenters. The van der Waals surface area contributed by atoms with Crippen molar-refractivity contribution in [3.63, 3.8) is 0 Å². The first-order chi connectivity index (χ1) is 19.3. The van der Waals surface area contributed by atoms with Crippen molar-refractivity contribution in [3.05, 3.63) is 53.9 Å². The summed E-state index contributed by atoms with van der Waals surface area (Å²) in [5.74, 6) is 0.343. The van der Waals surface area contributed by atoms with Crippen molar-refractivity contribution in [1.82, 2.24) is 14.5 Å². The van der Waals surface area contributed by atoms with Crippen molar-refractivity contribution in [2.45, 2.75) is 71.6 Å². The summed E-state index contributed by atoms with van der Waals surface area (Å²) < 4.78 is 24.9. The van der Waals surface area contributed by atoms with E-state index in [-0.39, 0.29) is 18.4 Å². The third-order valence-corrected chi connectivity index (χ3v) is 8.85. The maximum absolute atomic E-state index is 12.7. The van der Waals surface area contributed by atoms with Gasteiger partial charge in [0, 0.05) is 46.1 Å². The van der Waals surface area contributed by atoms with Crippen LogP contribution in [0.1, 0.15) is 37.8 Å². The molecule has 0 N–H and O–H groups in total. The van der Waals surface area contributed by atoms with E-state index in [1.807, 2.05) is 68.8 Å². The van der Waals surface area contributed by atoms with Gasteiger partial charge < -0.3 is 28.4 Å². The van der Waals surface area contributed by atoms with E-state index in [4.69, 9.17) is 18.9 Å². The van der Waals surface area contributed by atoms with Gasteiger partial charge in [0.05, 0.1) is 18.4 Å². The fourth-order valence-electron chi connectivity index (χ4n) is 5.02. The number of carbonyl (C=O) groups excluding carboxylic acids is 2. The van der Waals surface area contributed by atoms with Crippen LogP contribution in [-0.4, -0.2) is 67.0 Å². The number of hydrogen-bond donors (Lipinski definition) is 0. The summed E-state index contributed by atoms with van der Waals surface area (Å²) in [5, 5.41) is 0.944. The van der Waals surface area contributed by atoms with E-state index in [0.717, 1.165) is 34.8 Å². The number of ether oxygens (including phenoxy) is 4. The summed E-state index contributed by atoms with van der Waals surface area (Å²) in [4.78, 5) is 31.5. The first-order valence-corrected chi connectivity index (χ1v) is 17.8. The molecule has 1 aliphatic rings. The largest absolute Gasteiger partial charge is 0.469 e. The van der Waals surface area contributed by atoms with Gasteiger partial charge in [-0.05, 0) is 63.1 Å². The number of benzene rings is 1. The number of aryl methyl sites for hydroxylation is 1. The van der Waals surface area contributed by atoms with Gasteiger partial charge in [-0.2, -0.15) is 0 Å². The zero-order valence-electron chi connectivity index (χ0n) is 25.5. The minimum Gasteiger partial charge on any atom is -0.469 e. The Hall–Kier alpha value is -3.37. The number of rotatable bonds is 9. The van der Waals surface area contributed by atoms with Gasteiger partial charge in [0.1, 0.15) is 29.5 Å². The van der Waals surface area contributed by atoms with Crippen LogP contribution >= 0.6 is 0 Å². The van der Waals surface area contributed by atoms with Gasteiger partial charge in [0.2, 0.25) is 0 Å². The summed E-state index contributed by atoms with van der Waals surface area (Å²) in [7, 11) is 0.218. The fraction of sp³-hybridized carbons (Fsp3) is 0.516. The number of pyridine rings is 1. The zero-order chi connectivity index (χ0) is 29.9. The lowest BCUT2D eigenvalue weighted by atomic mass is 9.89. The Bertz CT molecular complexity index is 1370. The lowest BCUT2D eigenvalue weighted by Crippen LogP contribution is -2.36. The third kappa shape index (κ3) is 7.68. The molecule has 0 radical (unpaired) electrons. The molecule has 0 aliphatic carbocycles. The molecule has 2 aromatic heterocycles. The molecule has 1 amide bonds. The summed E-state index contributed by atoms with van der Waals surface area (Å²) in [6.07, 6.45) is 3.36. The Labute approximate surface area is 243 Å². The molecule has 1 aromatic carbocycles. The second-order valence-corrected chi connectivity index (χ2v) is 18.6. The van der Waals surface area contributed by atoms with E-state index in [2.05, 4.69) is 24.6 Å². The molecule has 222 valence electrons. The summed E-state index contributed by atoms with van der Waals surface area (Å²) in [6, 6.07) is 10.6. The number of likely N-dealkylation sites (tertiary alicyclic amines) is 1. The van der Waals surface area contributed by atoms with Crippen LogP contribution < -0.4 is 4.74 Å². The lowest BCUT2D eigenvalue weighted by molar-refractivity contribution is -0.145. The van der Waals surface area contributed by atoms with Crippen molar-refractivity contribution in [3.8, 4) is 11.5 Å². The van der Waals surface area contributed by atoms with Crippen molar-refractivity contribution < 1.29 is 28.5 Å². The van der Waals surface area contributed by atoms with Gasteiger partial charge >= 0.3 is 12.1 Å². The quantitative estimate of drug-likeness (QED) is 0.160. The number of fused-ring (bicyclic) bond motifs is 1. The van der Waals surface area contributed by atoms with Gasteiger partial charge in [-0.1, -0.05) is 31.8 Å². The molecule has 9 nitrogen and oxygen atoms in total. The average Bonchev–Trinajstić information content (AvgIpc) is 3.48. The van der Waals surface area contributed by atoms with Gasteiger partial charge in [0.15, 0.2) is 0 Å². The Morgan fingerprint density at radius 1 is 1.07 bits per heavy atom. The van der Waals surface area contributed by atoms with Gasteiger partial charge in [-0.3, -0.25) is 4.79 Å². The topological polar surface area (TPSA) is 92.1 Å². The number of esters is 1. The SMILES string of the molecule is COC(=O)[C@H]1CN(C(=O)OC(C)(C)C)CC1c1ccc(Oc2ccnc3c2c(C)cn3COCC[Si](C)(C)C)cc1. The number of amides is 1. The molecule has 1 fully saturated rings. The molecule has 1 saturated heterocycles. The van der Waals surface area contributed by atoms with Crippen molar-refractivity contribution in [2.75, 3.05) is 26.8 Å². The smallest absolute Gasteiger partial charge is 0.410 e. The van der Waals surface area contributed by atoms with Crippen molar-refractivity contribution in [2.24, 2.45) is 5.92 Å². The normalized spacial score (nSPS) is 17.6. The maximum atomic E-state index is 12.7. The molecule has 0 saturated carbocycles. The highest BCUT2D eigenvalue weighted by Gasteiger charge is 2.42. The fourth-order valence-corrected chi connectivity index (χ4v) is 5.78. The predicted octanol–water partition coefficient (Wildman–Crippen LogP) is 6.57. The number of nitrogens with zero attached hydrogens (tertiary/aromatic N) is 3. The molecule has 0 bridgehead atoms. The zero-order valence-corrected chi connectivity index (χ0v) is 26.5. The van der Waals surface area contributed by atoms with E-state index >= 15 is 0 Å². The maximum Gasteiger partial charge on any atom is 0.410 e. The van der Waals surface area contributed by atoms with Crippen LogP contribution in [0.4, 0.5) is 4.79 Å². The van der Waals surface area contributed by atoms with Crippen LogP contribution in [-0.2, 0) is 25.7 Å². The van der Waals surface area contributed by atoms with Crippen LogP contribution in [0, 0.1) is 12.8 Å². The standard InChI is InChI=1S/C31H43N3O6Si/c1-21-17-34(20-38-15-16-41(6,7)8)28-27(21)26(13-14-32-28)39-23-11-9-22(10-12-23)24-18-33(19-25(24)29(35)37-5)30(36)40-31(2,3)4/h9-14,17,24-25H,15-16,18-20H2,1-8H3/t24?,25-/m0/s1. The molecular weight excluding hydrogens is 538 g/mol. The number of carbonyl (C=O) groups is 2. The highest BCUT2D eigenvalue weighted by atomic mass is 28.3. The molecule has 41 heavy (non-hydrogen) atoms. The Kier molecular flexibility index (Phi) is 9.13. The third-order valence-electron chi connectivity index (χ3n) is 7.15. The van der Waals surface area contributed by atoms with E-state index in [0.29, 0.717) is 24.8 Å². The molecule has 4 rings (SSSR count). The molecule has 1 aliphatic heterocycles. The summed E-state index contributed by atoms with van der Waals surface area (Å²) in [5.41, 5.74) is 2.19. The van der Waals surface area contributed by atoms with Crippen LogP contribution in [0.15, 0.2) is 42.7 Å². The Morgan fingerprint density at radius 2 is 1.78 bits per heavy atom.